The Balaban J connectivity index is 2.79. The van der Waals surface area contributed by atoms with Crippen molar-refractivity contribution in [2.45, 2.75) is 39.2 Å². The number of nitriles is 1. The molecule has 0 fully saturated rings. The minimum absolute atomic E-state index is 0.175. The molecule has 0 spiro atoms. The Labute approximate surface area is 96.9 Å². The monoisotopic (exact) mass is 218 g/mol. The molecule has 1 rings (SSSR count). The predicted molar refractivity (Wildman–Crippen MR) is 64.1 cm³/mol. The molecule has 0 aromatic carbocycles. The van der Waals surface area contributed by atoms with Crippen molar-refractivity contribution >= 4 is 5.82 Å². The van der Waals surface area contributed by atoms with Crippen LogP contribution in [-0.4, -0.2) is 23.1 Å². The molecule has 0 aliphatic carbocycles. The third kappa shape index (κ3) is 3.20. The summed E-state index contributed by atoms with van der Waals surface area (Å²) in [6, 6.07) is 4.35. The van der Waals surface area contributed by atoms with Gasteiger partial charge in [0.15, 0.2) is 0 Å². The quantitative estimate of drug-likeness (QED) is 0.760. The van der Waals surface area contributed by atoms with Gasteiger partial charge in [0, 0.05) is 24.8 Å². The fourth-order valence-corrected chi connectivity index (χ4v) is 1.47. The lowest BCUT2D eigenvalue weighted by Gasteiger charge is -2.24. The molecule has 16 heavy (non-hydrogen) atoms. The van der Waals surface area contributed by atoms with Crippen LogP contribution in [0.4, 0.5) is 5.82 Å². The first kappa shape index (κ1) is 12.4. The van der Waals surface area contributed by atoms with Gasteiger partial charge in [-0.05, 0) is 13.3 Å². The van der Waals surface area contributed by atoms with Gasteiger partial charge in [0.05, 0.1) is 12.5 Å². The van der Waals surface area contributed by atoms with Crippen molar-refractivity contribution in [1.82, 2.24) is 9.97 Å². The third-order valence-electron chi connectivity index (χ3n) is 2.62. The molecule has 1 atom stereocenters. The first-order chi connectivity index (χ1) is 7.69. The van der Waals surface area contributed by atoms with Crippen molar-refractivity contribution < 1.29 is 0 Å². The first-order valence-corrected chi connectivity index (χ1v) is 5.59. The molecule has 0 bridgehead atoms. The van der Waals surface area contributed by atoms with Crippen molar-refractivity contribution in [2.75, 3.05) is 11.9 Å². The Morgan fingerprint density at radius 2 is 2.25 bits per heavy atom. The summed E-state index contributed by atoms with van der Waals surface area (Å²) in [6.07, 6.45) is 4.14. The van der Waals surface area contributed by atoms with Gasteiger partial charge >= 0.3 is 0 Å². The van der Waals surface area contributed by atoms with E-state index in [1.165, 1.54) is 0 Å². The average molecular weight is 218 g/mol. The molecule has 4 nitrogen and oxygen atoms in total. The van der Waals surface area contributed by atoms with E-state index in [2.05, 4.69) is 23.0 Å². The van der Waals surface area contributed by atoms with E-state index in [0.717, 1.165) is 24.4 Å². The van der Waals surface area contributed by atoms with Gasteiger partial charge in [0.2, 0.25) is 0 Å². The summed E-state index contributed by atoms with van der Waals surface area (Å²) in [7, 11) is 1.96. The normalized spacial score (nSPS) is 11.9. The molecule has 1 aromatic rings. The van der Waals surface area contributed by atoms with Crippen molar-refractivity contribution in [1.29, 1.82) is 5.26 Å². The van der Waals surface area contributed by atoms with E-state index in [1.54, 1.807) is 6.33 Å². The molecule has 0 aliphatic rings. The van der Waals surface area contributed by atoms with Gasteiger partial charge in [-0.25, -0.2) is 9.97 Å². The average Bonchev–Trinajstić information content (AvgIpc) is 2.29. The zero-order valence-corrected chi connectivity index (χ0v) is 10.1. The molecule has 0 N–H and O–H groups in total. The molecule has 1 aromatic heterocycles. The van der Waals surface area contributed by atoms with E-state index in [0.29, 0.717) is 6.42 Å². The summed E-state index contributed by atoms with van der Waals surface area (Å²) in [4.78, 5) is 10.5. The Morgan fingerprint density at radius 3 is 2.88 bits per heavy atom. The summed E-state index contributed by atoms with van der Waals surface area (Å²) in [5.74, 6) is 0.890. The van der Waals surface area contributed by atoms with Crippen molar-refractivity contribution in [3.05, 3.63) is 18.1 Å². The van der Waals surface area contributed by atoms with Crippen LogP contribution in [0.3, 0.4) is 0 Å². The molecule has 0 amide bonds. The van der Waals surface area contributed by atoms with Gasteiger partial charge in [-0.1, -0.05) is 13.3 Å². The minimum atomic E-state index is 0.175. The number of hydrogen-bond donors (Lipinski definition) is 0. The molecular weight excluding hydrogens is 200 g/mol. The molecule has 4 heteroatoms. The lowest BCUT2D eigenvalue weighted by atomic mass is 10.2. The van der Waals surface area contributed by atoms with Crippen LogP contribution in [0.1, 0.15) is 32.4 Å². The Hall–Kier alpha value is -1.63. The summed E-state index contributed by atoms with van der Waals surface area (Å²) in [5, 5.41) is 8.66. The van der Waals surface area contributed by atoms with Crippen molar-refractivity contribution in [3.8, 4) is 6.07 Å². The predicted octanol–water partition coefficient (Wildman–Crippen LogP) is 2.17. The maximum Gasteiger partial charge on any atom is 0.132 e. The minimum Gasteiger partial charge on any atom is -0.356 e. The largest absolute Gasteiger partial charge is 0.356 e. The molecule has 1 heterocycles. The van der Waals surface area contributed by atoms with E-state index in [-0.39, 0.29) is 6.04 Å². The summed E-state index contributed by atoms with van der Waals surface area (Å²) < 4.78 is 0. The zero-order chi connectivity index (χ0) is 12.0. The van der Waals surface area contributed by atoms with Crippen LogP contribution in [0.5, 0.6) is 0 Å². The standard InChI is InChI=1S/C12H18N4/c1-4-5-11-8-12(15-9-14-11)16(3)10(2)6-7-13/h8-10H,4-6H2,1-3H3. The molecule has 0 saturated carbocycles. The highest BCUT2D eigenvalue weighted by Crippen LogP contribution is 2.14. The maximum atomic E-state index is 8.66. The summed E-state index contributed by atoms with van der Waals surface area (Å²) in [6.45, 7) is 4.15. The molecule has 1 unspecified atom stereocenters. The number of aromatic nitrogens is 2. The molecular formula is C12H18N4. The number of nitrogens with zero attached hydrogens (tertiary/aromatic N) is 4. The number of anilines is 1. The highest BCUT2D eigenvalue weighted by atomic mass is 15.2. The van der Waals surface area contributed by atoms with Crippen LogP contribution in [0.25, 0.3) is 0 Å². The van der Waals surface area contributed by atoms with E-state index in [1.807, 2.05) is 24.9 Å². The topological polar surface area (TPSA) is 52.8 Å². The molecule has 0 saturated heterocycles. The van der Waals surface area contributed by atoms with Gasteiger partial charge < -0.3 is 4.90 Å². The zero-order valence-electron chi connectivity index (χ0n) is 10.1. The second kappa shape index (κ2) is 6.06. The van der Waals surface area contributed by atoms with Crippen molar-refractivity contribution in [2.24, 2.45) is 0 Å². The number of aryl methyl sites for hydroxylation is 1. The van der Waals surface area contributed by atoms with Crippen LogP contribution in [0.2, 0.25) is 0 Å². The smallest absolute Gasteiger partial charge is 0.132 e. The highest BCUT2D eigenvalue weighted by molar-refractivity contribution is 5.39. The molecule has 86 valence electrons. The summed E-state index contributed by atoms with van der Waals surface area (Å²) >= 11 is 0. The van der Waals surface area contributed by atoms with E-state index >= 15 is 0 Å². The Kier molecular flexibility index (Phi) is 4.71. The van der Waals surface area contributed by atoms with Crippen LogP contribution in [-0.2, 0) is 6.42 Å². The maximum absolute atomic E-state index is 8.66. The second-order valence-corrected chi connectivity index (χ2v) is 3.94. The SMILES string of the molecule is CCCc1cc(N(C)C(C)CC#N)ncn1. The summed E-state index contributed by atoms with van der Waals surface area (Å²) in [5.41, 5.74) is 1.06. The van der Waals surface area contributed by atoms with E-state index < -0.39 is 0 Å². The van der Waals surface area contributed by atoms with E-state index in [4.69, 9.17) is 5.26 Å². The molecule has 0 aliphatic heterocycles. The second-order valence-electron chi connectivity index (χ2n) is 3.94. The van der Waals surface area contributed by atoms with Crippen molar-refractivity contribution in [3.63, 3.8) is 0 Å². The third-order valence-corrected chi connectivity index (χ3v) is 2.62. The van der Waals surface area contributed by atoms with Gasteiger partial charge in [-0.15, -0.1) is 0 Å². The number of rotatable bonds is 5. The van der Waals surface area contributed by atoms with Gasteiger partial charge in [-0.2, -0.15) is 5.26 Å². The van der Waals surface area contributed by atoms with Crippen LogP contribution < -0.4 is 4.90 Å². The van der Waals surface area contributed by atoms with Crippen LogP contribution in [0, 0.1) is 11.3 Å². The fraction of sp³-hybridized carbons (Fsp3) is 0.583. The van der Waals surface area contributed by atoms with Crippen LogP contribution in [0.15, 0.2) is 12.4 Å². The number of hydrogen-bond acceptors (Lipinski definition) is 4. The lowest BCUT2D eigenvalue weighted by Crippen LogP contribution is -2.29. The van der Waals surface area contributed by atoms with Gasteiger partial charge in [0.25, 0.3) is 0 Å². The Bertz CT molecular complexity index is 370. The Morgan fingerprint density at radius 1 is 1.50 bits per heavy atom. The lowest BCUT2D eigenvalue weighted by molar-refractivity contribution is 0.690. The highest BCUT2D eigenvalue weighted by Gasteiger charge is 2.11. The fourth-order valence-electron chi connectivity index (χ4n) is 1.47. The first-order valence-electron chi connectivity index (χ1n) is 5.59. The van der Waals surface area contributed by atoms with Gasteiger partial charge in [-0.3, -0.25) is 0 Å². The van der Waals surface area contributed by atoms with E-state index in [9.17, 15) is 0 Å². The van der Waals surface area contributed by atoms with Crippen LogP contribution >= 0.6 is 0 Å². The van der Waals surface area contributed by atoms with Gasteiger partial charge in [0.1, 0.15) is 12.1 Å². The molecule has 0 radical (unpaired) electrons.